The predicted octanol–water partition coefficient (Wildman–Crippen LogP) is 6.84. The summed E-state index contributed by atoms with van der Waals surface area (Å²) in [6.45, 7) is 2.51. The largest absolute Gasteiger partial charge is 0.467 e. The van der Waals surface area contributed by atoms with Crippen LogP contribution in [0, 0.1) is 6.92 Å². The molecule has 1 amide bonds. The van der Waals surface area contributed by atoms with Gasteiger partial charge in [0.1, 0.15) is 5.76 Å². The van der Waals surface area contributed by atoms with E-state index in [0.29, 0.717) is 33.7 Å². The summed E-state index contributed by atoms with van der Waals surface area (Å²) in [4.78, 5) is 20.2. The van der Waals surface area contributed by atoms with Gasteiger partial charge in [-0.1, -0.05) is 41.1 Å². The van der Waals surface area contributed by atoms with E-state index in [1.807, 2.05) is 43.3 Å². The van der Waals surface area contributed by atoms with Crippen LogP contribution in [0.3, 0.4) is 0 Å². The first-order valence-corrected chi connectivity index (χ1v) is 15.1. The van der Waals surface area contributed by atoms with Crippen molar-refractivity contribution in [3.8, 4) is 0 Å². The van der Waals surface area contributed by atoms with Crippen molar-refractivity contribution in [2.75, 3.05) is 15.7 Å². The van der Waals surface area contributed by atoms with Crippen LogP contribution in [0.1, 0.15) is 33.7 Å². The number of rotatable bonds is 6. The summed E-state index contributed by atoms with van der Waals surface area (Å²) in [6.07, 6.45) is 3.15. The Morgan fingerprint density at radius 3 is 2.67 bits per heavy atom. The van der Waals surface area contributed by atoms with E-state index in [0.717, 1.165) is 34.2 Å². The molecular weight excluding hydrogens is 554 g/mol. The lowest BCUT2D eigenvalue weighted by molar-refractivity contribution is 0.0983. The molecule has 3 heterocycles. The van der Waals surface area contributed by atoms with E-state index in [4.69, 9.17) is 21.0 Å². The normalized spacial score (nSPS) is 13.4. The Morgan fingerprint density at radius 1 is 1.10 bits per heavy atom. The lowest BCUT2D eigenvalue weighted by atomic mass is 10.0. The minimum Gasteiger partial charge on any atom is -0.467 e. The van der Waals surface area contributed by atoms with Gasteiger partial charge >= 0.3 is 0 Å². The summed E-state index contributed by atoms with van der Waals surface area (Å²) in [5.41, 5.74) is 3.76. The van der Waals surface area contributed by atoms with Crippen LogP contribution in [0.5, 0.6) is 0 Å². The van der Waals surface area contributed by atoms with E-state index in [9.17, 15) is 13.2 Å². The highest BCUT2D eigenvalue weighted by molar-refractivity contribution is 7.92. The molecule has 1 aliphatic rings. The number of nitrogens with zero attached hydrogens (tertiary/aromatic N) is 3. The first kappa shape index (κ1) is 25.6. The molecule has 198 valence electrons. The molecule has 3 aromatic carbocycles. The van der Waals surface area contributed by atoms with Crippen molar-refractivity contribution in [1.82, 2.24) is 4.98 Å². The maximum Gasteiger partial charge on any atom is 0.264 e. The van der Waals surface area contributed by atoms with Crippen LogP contribution in [0.4, 0.5) is 10.8 Å². The first-order chi connectivity index (χ1) is 18.8. The highest BCUT2D eigenvalue weighted by Crippen LogP contribution is 2.35. The van der Waals surface area contributed by atoms with Gasteiger partial charge in [0, 0.05) is 17.1 Å². The zero-order valence-corrected chi connectivity index (χ0v) is 23.4. The molecule has 0 aliphatic carbocycles. The zero-order chi connectivity index (χ0) is 27.1. The number of furan rings is 1. The molecule has 1 aliphatic heterocycles. The van der Waals surface area contributed by atoms with Crippen LogP contribution in [-0.4, -0.2) is 25.9 Å². The molecule has 0 atom stereocenters. The van der Waals surface area contributed by atoms with Crippen molar-refractivity contribution in [1.29, 1.82) is 0 Å². The van der Waals surface area contributed by atoms with E-state index in [1.54, 1.807) is 35.4 Å². The molecule has 2 aromatic heterocycles. The number of para-hydroxylation sites is 1. The molecule has 10 heteroatoms. The Bertz CT molecular complexity index is 1780. The van der Waals surface area contributed by atoms with Crippen molar-refractivity contribution in [2.24, 2.45) is 0 Å². The van der Waals surface area contributed by atoms with E-state index in [1.165, 1.54) is 27.8 Å². The summed E-state index contributed by atoms with van der Waals surface area (Å²) < 4.78 is 35.0. The van der Waals surface area contributed by atoms with Crippen molar-refractivity contribution in [3.63, 3.8) is 0 Å². The van der Waals surface area contributed by atoms with Crippen LogP contribution < -0.4 is 9.21 Å². The minimum atomic E-state index is -3.79. The van der Waals surface area contributed by atoms with Gasteiger partial charge in [0.15, 0.2) is 5.13 Å². The number of fused-ring (bicyclic) bond motifs is 2. The number of amides is 1. The van der Waals surface area contributed by atoms with Gasteiger partial charge < -0.3 is 4.42 Å². The number of sulfonamides is 1. The number of carbonyl (C=O) groups excluding carboxylic acids is 1. The number of carbonyl (C=O) groups is 1. The first-order valence-electron chi connectivity index (χ1n) is 12.4. The fourth-order valence-electron chi connectivity index (χ4n) is 4.84. The van der Waals surface area contributed by atoms with Gasteiger partial charge in [-0.05, 0) is 85.5 Å². The summed E-state index contributed by atoms with van der Waals surface area (Å²) in [5, 5.41) is 1.10. The van der Waals surface area contributed by atoms with Crippen molar-refractivity contribution in [3.05, 3.63) is 107 Å². The quantitative estimate of drug-likeness (QED) is 0.221. The second-order valence-corrected chi connectivity index (χ2v) is 12.7. The maximum absolute atomic E-state index is 13.8. The van der Waals surface area contributed by atoms with Gasteiger partial charge in [-0.25, -0.2) is 13.4 Å². The molecular formula is C29H24ClN3O4S2. The molecule has 0 bridgehead atoms. The number of thiazole rings is 1. The summed E-state index contributed by atoms with van der Waals surface area (Å²) in [6, 6.07) is 20.9. The fourth-order valence-corrected chi connectivity index (χ4v) is 7.80. The standard InChI is InChI=1S/C29H24ClN3O4S2/c1-19-16-22(30)17-26-27(19)31-29(38-26)32(18-23-8-5-15-37-23)28(34)21-10-12-24(13-11-21)39(35,36)33-14-4-7-20-6-2-3-9-25(20)33/h2-3,5-6,8-13,15-17H,4,7,14,18H2,1H3. The summed E-state index contributed by atoms with van der Waals surface area (Å²) >= 11 is 7.62. The Kier molecular flexibility index (Phi) is 6.66. The molecule has 0 saturated heterocycles. The molecule has 0 radical (unpaired) electrons. The van der Waals surface area contributed by atoms with Gasteiger partial charge in [0.05, 0.1) is 33.6 Å². The number of aryl methyl sites for hydroxylation is 2. The Balaban J connectivity index is 1.33. The van der Waals surface area contributed by atoms with Gasteiger partial charge in [-0.2, -0.15) is 0 Å². The molecule has 39 heavy (non-hydrogen) atoms. The van der Waals surface area contributed by atoms with Gasteiger partial charge in [0.25, 0.3) is 15.9 Å². The SMILES string of the molecule is Cc1cc(Cl)cc2sc(N(Cc3ccco3)C(=O)c3ccc(S(=O)(=O)N4CCCc5ccccc54)cc3)nc12. The summed E-state index contributed by atoms with van der Waals surface area (Å²) in [7, 11) is -3.79. The molecule has 0 N–H and O–H groups in total. The van der Waals surface area contributed by atoms with Gasteiger partial charge in [0.2, 0.25) is 0 Å². The molecule has 6 rings (SSSR count). The Morgan fingerprint density at radius 2 is 1.90 bits per heavy atom. The maximum atomic E-state index is 13.8. The smallest absolute Gasteiger partial charge is 0.264 e. The van der Waals surface area contributed by atoms with Crippen LogP contribution in [0.2, 0.25) is 5.02 Å². The van der Waals surface area contributed by atoms with Crippen LogP contribution >= 0.6 is 22.9 Å². The van der Waals surface area contributed by atoms with Crippen LogP contribution in [0.25, 0.3) is 10.2 Å². The van der Waals surface area contributed by atoms with E-state index >= 15 is 0 Å². The Hall–Kier alpha value is -3.66. The number of hydrogen-bond acceptors (Lipinski definition) is 6. The third-order valence-corrected chi connectivity index (χ3v) is 9.84. The van der Waals surface area contributed by atoms with Crippen LogP contribution in [0.15, 0.2) is 88.4 Å². The van der Waals surface area contributed by atoms with E-state index in [2.05, 4.69) is 0 Å². The average Bonchev–Trinajstić information content (AvgIpc) is 3.61. The number of halogens is 1. The second kappa shape index (κ2) is 10.1. The number of anilines is 2. The minimum absolute atomic E-state index is 0.138. The van der Waals surface area contributed by atoms with E-state index in [-0.39, 0.29) is 17.3 Å². The third-order valence-electron chi connectivity index (χ3n) is 6.77. The highest BCUT2D eigenvalue weighted by atomic mass is 35.5. The van der Waals surface area contributed by atoms with Crippen molar-refractivity contribution in [2.45, 2.75) is 31.2 Å². The second-order valence-electron chi connectivity index (χ2n) is 9.37. The summed E-state index contributed by atoms with van der Waals surface area (Å²) in [5.74, 6) is 0.279. The molecule has 0 spiro atoms. The molecule has 7 nitrogen and oxygen atoms in total. The van der Waals surface area contributed by atoms with Gasteiger partial charge in [-0.3, -0.25) is 14.0 Å². The average molecular weight is 578 g/mol. The molecule has 0 saturated carbocycles. The number of benzene rings is 3. The topological polar surface area (TPSA) is 83.7 Å². The van der Waals surface area contributed by atoms with Crippen LogP contribution in [-0.2, 0) is 23.0 Å². The van der Waals surface area contributed by atoms with Gasteiger partial charge in [-0.15, -0.1) is 0 Å². The van der Waals surface area contributed by atoms with Crippen molar-refractivity contribution >= 4 is 59.9 Å². The molecule has 0 unspecified atom stereocenters. The highest BCUT2D eigenvalue weighted by Gasteiger charge is 2.30. The van der Waals surface area contributed by atoms with Crippen molar-refractivity contribution < 1.29 is 17.6 Å². The number of hydrogen-bond donors (Lipinski definition) is 0. The zero-order valence-electron chi connectivity index (χ0n) is 21.0. The van der Waals surface area contributed by atoms with E-state index < -0.39 is 10.0 Å². The Labute approximate surface area is 235 Å². The number of aromatic nitrogens is 1. The third kappa shape index (κ3) is 4.82. The lowest BCUT2D eigenvalue weighted by Gasteiger charge is -2.30. The predicted molar refractivity (Wildman–Crippen MR) is 154 cm³/mol. The fraction of sp³-hybridized carbons (Fsp3) is 0.172. The lowest BCUT2D eigenvalue weighted by Crippen LogP contribution is -2.35. The molecule has 5 aromatic rings. The molecule has 0 fully saturated rings. The monoisotopic (exact) mass is 577 g/mol.